The van der Waals surface area contributed by atoms with Crippen molar-refractivity contribution in [3.05, 3.63) is 65.5 Å². The fourth-order valence-electron chi connectivity index (χ4n) is 1.89. The Hall–Kier alpha value is -1.32. The molecule has 0 heterocycles. The average Bonchev–Trinajstić information content (AvgIpc) is 2.39. The maximum atomic E-state index is 12.8. The molecule has 1 atom stereocenters. The molecule has 0 saturated heterocycles. The Balaban J connectivity index is 1.84. The zero-order valence-electron chi connectivity index (χ0n) is 11.0. The lowest BCUT2D eigenvalue weighted by Gasteiger charge is -2.11. The highest BCUT2D eigenvalue weighted by Crippen LogP contribution is 2.20. The lowest BCUT2D eigenvalue weighted by molar-refractivity contribution is 0.626. The van der Waals surface area contributed by atoms with E-state index in [0.717, 1.165) is 17.7 Å². The van der Waals surface area contributed by atoms with Gasteiger partial charge in [0.1, 0.15) is 5.82 Å². The van der Waals surface area contributed by atoms with E-state index in [1.807, 2.05) is 0 Å². The topological polar surface area (TPSA) is 26.0 Å². The van der Waals surface area contributed by atoms with Crippen molar-refractivity contribution >= 4 is 11.8 Å². The van der Waals surface area contributed by atoms with Crippen LogP contribution in [0.15, 0.2) is 53.4 Å². The summed E-state index contributed by atoms with van der Waals surface area (Å²) in [6, 6.07) is 15.0. The predicted molar refractivity (Wildman–Crippen MR) is 80.0 cm³/mol. The summed E-state index contributed by atoms with van der Waals surface area (Å²) >= 11 is 1.77. The molecule has 0 fully saturated rings. The molecule has 1 unspecified atom stereocenters. The molecule has 0 bridgehead atoms. The molecule has 2 rings (SSSR count). The van der Waals surface area contributed by atoms with Crippen LogP contribution in [0.1, 0.15) is 11.1 Å². The van der Waals surface area contributed by atoms with E-state index in [-0.39, 0.29) is 11.9 Å². The minimum Gasteiger partial charge on any atom is -0.327 e. The molecule has 1 nitrogen and oxygen atoms in total. The van der Waals surface area contributed by atoms with Crippen LogP contribution in [0, 0.1) is 12.7 Å². The number of hydrogen-bond donors (Lipinski definition) is 1. The van der Waals surface area contributed by atoms with Crippen molar-refractivity contribution in [2.75, 3.05) is 5.75 Å². The van der Waals surface area contributed by atoms with Crippen LogP contribution in [0.25, 0.3) is 0 Å². The molecule has 0 radical (unpaired) electrons. The van der Waals surface area contributed by atoms with Gasteiger partial charge < -0.3 is 5.73 Å². The molecular weight excluding hydrogens is 257 g/mol. The molecule has 3 heteroatoms. The van der Waals surface area contributed by atoms with Crippen LogP contribution in [-0.4, -0.2) is 11.8 Å². The van der Waals surface area contributed by atoms with Gasteiger partial charge in [-0.2, -0.15) is 0 Å². The monoisotopic (exact) mass is 275 g/mol. The Morgan fingerprint density at radius 2 is 1.89 bits per heavy atom. The van der Waals surface area contributed by atoms with Gasteiger partial charge in [-0.15, -0.1) is 11.8 Å². The summed E-state index contributed by atoms with van der Waals surface area (Å²) in [6.45, 7) is 2.09. The molecule has 0 aliphatic rings. The van der Waals surface area contributed by atoms with E-state index in [1.54, 1.807) is 23.9 Å². The van der Waals surface area contributed by atoms with Crippen molar-refractivity contribution in [1.29, 1.82) is 0 Å². The van der Waals surface area contributed by atoms with Crippen molar-refractivity contribution in [2.24, 2.45) is 5.73 Å². The smallest absolute Gasteiger partial charge is 0.123 e. The van der Waals surface area contributed by atoms with Gasteiger partial charge in [0.25, 0.3) is 0 Å². The summed E-state index contributed by atoms with van der Waals surface area (Å²) in [6.07, 6.45) is 0.777. The Morgan fingerprint density at radius 1 is 1.16 bits per heavy atom. The van der Waals surface area contributed by atoms with Crippen LogP contribution in [-0.2, 0) is 6.42 Å². The third kappa shape index (κ3) is 4.69. The highest BCUT2D eigenvalue weighted by Gasteiger charge is 2.05. The number of aryl methyl sites for hydroxylation is 1. The van der Waals surface area contributed by atoms with Crippen LogP contribution in [0.4, 0.5) is 4.39 Å². The van der Waals surface area contributed by atoms with Gasteiger partial charge in [-0.3, -0.25) is 0 Å². The van der Waals surface area contributed by atoms with Crippen LogP contribution in [0.5, 0.6) is 0 Å². The molecule has 0 aliphatic heterocycles. The Kier molecular flexibility index (Phi) is 5.00. The number of hydrogen-bond acceptors (Lipinski definition) is 2. The quantitative estimate of drug-likeness (QED) is 0.840. The fraction of sp³-hybridized carbons (Fsp3) is 0.250. The van der Waals surface area contributed by atoms with Crippen molar-refractivity contribution in [2.45, 2.75) is 24.3 Å². The Bertz CT molecular complexity index is 525. The van der Waals surface area contributed by atoms with E-state index < -0.39 is 0 Å². The van der Waals surface area contributed by atoms with E-state index in [9.17, 15) is 4.39 Å². The lowest BCUT2D eigenvalue weighted by Crippen LogP contribution is -2.25. The third-order valence-electron chi connectivity index (χ3n) is 2.86. The SMILES string of the molecule is Cc1cccc(SCC(N)Cc2ccc(F)cc2)c1. The van der Waals surface area contributed by atoms with Crippen molar-refractivity contribution in [3.8, 4) is 0 Å². The van der Waals surface area contributed by atoms with E-state index in [0.29, 0.717) is 0 Å². The molecule has 2 aromatic rings. The van der Waals surface area contributed by atoms with Crippen molar-refractivity contribution < 1.29 is 4.39 Å². The fourth-order valence-corrected chi connectivity index (χ4v) is 2.86. The van der Waals surface area contributed by atoms with Gasteiger partial charge in [-0.05, 0) is 43.2 Å². The van der Waals surface area contributed by atoms with Crippen LogP contribution in [0.3, 0.4) is 0 Å². The number of benzene rings is 2. The molecule has 2 aromatic carbocycles. The van der Waals surface area contributed by atoms with Crippen LogP contribution < -0.4 is 5.73 Å². The average molecular weight is 275 g/mol. The van der Waals surface area contributed by atoms with Gasteiger partial charge in [-0.25, -0.2) is 4.39 Å². The number of halogens is 1. The van der Waals surface area contributed by atoms with Crippen LogP contribution >= 0.6 is 11.8 Å². The van der Waals surface area contributed by atoms with E-state index >= 15 is 0 Å². The number of rotatable bonds is 5. The first kappa shape index (κ1) is 14.1. The van der Waals surface area contributed by atoms with E-state index in [4.69, 9.17) is 5.73 Å². The normalized spacial score (nSPS) is 12.4. The minimum absolute atomic E-state index is 0.0796. The molecule has 0 aliphatic carbocycles. The summed E-state index contributed by atoms with van der Waals surface area (Å²) < 4.78 is 12.8. The molecule has 100 valence electrons. The number of thioether (sulfide) groups is 1. The lowest BCUT2D eigenvalue weighted by atomic mass is 10.1. The standard InChI is InChI=1S/C16H18FNS/c1-12-3-2-4-16(9-12)19-11-15(18)10-13-5-7-14(17)8-6-13/h2-9,15H,10-11,18H2,1H3. The highest BCUT2D eigenvalue weighted by molar-refractivity contribution is 7.99. The molecular formula is C16H18FNS. The maximum Gasteiger partial charge on any atom is 0.123 e. The van der Waals surface area contributed by atoms with Crippen molar-refractivity contribution in [1.82, 2.24) is 0 Å². The summed E-state index contributed by atoms with van der Waals surface area (Å²) in [5.74, 6) is 0.660. The van der Waals surface area contributed by atoms with Gasteiger partial charge >= 0.3 is 0 Å². The van der Waals surface area contributed by atoms with Gasteiger partial charge in [0.2, 0.25) is 0 Å². The zero-order valence-corrected chi connectivity index (χ0v) is 11.8. The van der Waals surface area contributed by atoms with E-state index in [2.05, 4.69) is 31.2 Å². The van der Waals surface area contributed by atoms with E-state index in [1.165, 1.54) is 22.6 Å². The Morgan fingerprint density at radius 3 is 2.58 bits per heavy atom. The molecule has 0 amide bonds. The largest absolute Gasteiger partial charge is 0.327 e. The van der Waals surface area contributed by atoms with Gasteiger partial charge in [0.15, 0.2) is 0 Å². The first-order chi connectivity index (χ1) is 9.13. The van der Waals surface area contributed by atoms with Gasteiger partial charge in [0, 0.05) is 16.7 Å². The molecule has 0 spiro atoms. The van der Waals surface area contributed by atoms with Crippen LogP contribution in [0.2, 0.25) is 0 Å². The summed E-state index contributed by atoms with van der Waals surface area (Å²) in [5, 5.41) is 0. The first-order valence-corrected chi connectivity index (χ1v) is 7.31. The highest BCUT2D eigenvalue weighted by atomic mass is 32.2. The second-order valence-electron chi connectivity index (χ2n) is 4.72. The zero-order chi connectivity index (χ0) is 13.7. The summed E-state index contributed by atoms with van der Waals surface area (Å²) in [7, 11) is 0. The number of nitrogens with two attached hydrogens (primary N) is 1. The molecule has 0 saturated carbocycles. The molecule has 19 heavy (non-hydrogen) atoms. The molecule has 0 aromatic heterocycles. The minimum atomic E-state index is -0.202. The Labute approximate surface area is 118 Å². The van der Waals surface area contributed by atoms with Crippen molar-refractivity contribution in [3.63, 3.8) is 0 Å². The second kappa shape index (κ2) is 6.73. The summed E-state index contributed by atoms with van der Waals surface area (Å²) in [4.78, 5) is 1.24. The van der Waals surface area contributed by atoms with Gasteiger partial charge in [-0.1, -0.05) is 29.8 Å². The first-order valence-electron chi connectivity index (χ1n) is 6.33. The van der Waals surface area contributed by atoms with Gasteiger partial charge in [0.05, 0.1) is 0 Å². The second-order valence-corrected chi connectivity index (χ2v) is 5.81. The summed E-state index contributed by atoms with van der Waals surface area (Å²) in [5.41, 5.74) is 8.46. The molecule has 2 N–H and O–H groups in total. The maximum absolute atomic E-state index is 12.8. The third-order valence-corrected chi connectivity index (χ3v) is 4.05. The predicted octanol–water partition coefficient (Wildman–Crippen LogP) is 3.80.